The average Bonchev–Trinajstić information content (AvgIpc) is 3.14. The molecule has 2 aromatic heterocycles. The van der Waals surface area contributed by atoms with Gasteiger partial charge >= 0.3 is 6.18 Å². The summed E-state index contributed by atoms with van der Waals surface area (Å²) in [6, 6.07) is 14.1. The van der Waals surface area contributed by atoms with Gasteiger partial charge in [-0.15, -0.1) is 0 Å². The summed E-state index contributed by atoms with van der Waals surface area (Å²) >= 11 is 0. The van der Waals surface area contributed by atoms with Gasteiger partial charge in [-0.3, -0.25) is 10.3 Å². The van der Waals surface area contributed by atoms with E-state index in [0.29, 0.717) is 11.1 Å². The van der Waals surface area contributed by atoms with Crippen molar-refractivity contribution in [3.8, 4) is 11.1 Å². The normalized spacial score (nSPS) is 20.0. The molecule has 5 rings (SSSR count). The largest absolute Gasteiger partial charge is 0.433 e. The second kappa shape index (κ2) is 7.72. The van der Waals surface area contributed by atoms with Crippen LogP contribution in [0.4, 0.5) is 17.6 Å². The van der Waals surface area contributed by atoms with Crippen molar-refractivity contribution >= 4 is 0 Å². The minimum absolute atomic E-state index is 0.205. The smallest absolute Gasteiger partial charge is 0.312 e. The van der Waals surface area contributed by atoms with E-state index >= 15 is 0 Å². The maximum atomic E-state index is 14.8. The molecule has 3 N–H and O–H groups in total. The number of aromatic nitrogens is 3. The number of pyridine rings is 1. The van der Waals surface area contributed by atoms with Crippen LogP contribution in [-0.2, 0) is 11.7 Å². The summed E-state index contributed by atoms with van der Waals surface area (Å²) in [5.74, 6) is -0.535. The van der Waals surface area contributed by atoms with Crippen molar-refractivity contribution in [2.24, 2.45) is 5.73 Å². The number of nitrogens with two attached hydrogens (primary N) is 1. The summed E-state index contributed by atoms with van der Waals surface area (Å²) in [7, 11) is 0. The Bertz CT molecular complexity index is 1330. The number of alkyl halides is 3. The first kappa shape index (κ1) is 21.2. The first-order chi connectivity index (χ1) is 15.8. The van der Waals surface area contributed by atoms with E-state index in [4.69, 9.17) is 5.73 Å². The fourth-order valence-electron chi connectivity index (χ4n) is 4.41. The Morgan fingerprint density at radius 3 is 2.39 bits per heavy atom. The van der Waals surface area contributed by atoms with Gasteiger partial charge in [-0.2, -0.15) is 13.2 Å². The summed E-state index contributed by atoms with van der Waals surface area (Å²) in [5, 5.41) is 3.17. The maximum absolute atomic E-state index is 14.8. The molecule has 2 aromatic carbocycles. The molecule has 0 spiro atoms. The number of halogens is 4. The molecule has 0 saturated heterocycles. The number of fused-ring (bicyclic) bond motifs is 1. The van der Waals surface area contributed by atoms with E-state index in [-0.39, 0.29) is 11.1 Å². The molecular formula is C24H17F4N5. The van der Waals surface area contributed by atoms with Gasteiger partial charge in [-0.1, -0.05) is 30.3 Å². The van der Waals surface area contributed by atoms with E-state index in [1.54, 1.807) is 30.6 Å². The molecular weight excluding hydrogens is 434 g/mol. The Morgan fingerprint density at radius 1 is 0.909 bits per heavy atom. The molecule has 9 heteroatoms. The number of rotatable bonds is 3. The van der Waals surface area contributed by atoms with E-state index in [1.165, 1.54) is 24.5 Å². The SMILES string of the molecule is NC1N[C@@](c2cccc(-c3cncnc3)c2)(c2ccnc(C(F)(F)F)c2)c2cccc(F)c21. The topological polar surface area (TPSA) is 76.7 Å². The molecule has 4 aromatic rings. The Kier molecular flexibility index (Phi) is 4.95. The standard InChI is InChI=1S/C24H17F4N5/c25-19-6-2-5-18-21(19)22(29)33-23(18,17-7-8-32-20(10-17)24(26,27)28)16-4-1-3-14(9-16)15-11-30-13-31-12-15/h1-13,22,33H,29H2/t22?,23-/m0/s1. The van der Waals surface area contributed by atoms with E-state index < -0.39 is 29.4 Å². The van der Waals surface area contributed by atoms with E-state index in [9.17, 15) is 17.6 Å². The second-order valence-electron chi connectivity index (χ2n) is 7.71. The molecule has 5 nitrogen and oxygen atoms in total. The third-order valence-electron chi connectivity index (χ3n) is 5.81. The summed E-state index contributed by atoms with van der Waals surface area (Å²) < 4.78 is 55.4. The minimum atomic E-state index is -4.65. The van der Waals surface area contributed by atoms with Gasteiger partial charge in [0.1, 0.15) is 17.8 Å². The average molecular weight is 451 g/mol. The quantitative estimate of drug-likeness (QED) is 0.447. The van der Waals surface area contributed by atoms with Crippen molar-refractivity contribution in [1.29, 1.82) is 0 Å². The van der Waals surface area contributed by atoms with Crippen molar-refractivity contribution in [3.63, 3.8) is 0 Å². The van der Waals surface area contributed by atoms with Gasteiger partial charge in [0.05, 0.1) is 11.7 Å². The highest BCUT2D eigenvalue weighted by Gasteiger charge is 2.47. The predicted octanol–water partition coefficient (Wildman–Crippen LogP) is 4.55. The molecule has 2 atom stereocenters. The first-order valence-corrected chi connectivity index (χ1v) is 10.0. The third-order valence-corrected chi connectivity index (χ3v) is 5.81. The summed E-state index contributed by atoms with van der Waals surface area (Å²) in [6.45, 7) is 0. The van der Waals surface area contributed by atoms with Crippen LogP contribution < -0.4 is 11.1 Å². The van der Waals surface area contributed by atoms with Crippen LogP contribution in [0.1, 0.15) is 34.1 Å². The van der Waals surface area contributed by atoms with Gasteiger partial charge in [0, 0.05) is 29.7 Å². The van der Waals surface area contributed by atoms with Crippen molar-refractivity contribution in [3.05, 3.63) is 113 Å². The lowest BCUT2D eigenvalue weighted by Crippen LogP contribution is -2.42. The van der Waals surface area contributed by atoms with Crippen LogP contribution >= 0.6 is 0 Å². The fraction of sp³-hybridized carbons (Fsp3) is 0.125. The van der Waals surface area contributed by atoms with Crippen LogP contribution in [0.2, 0.25) is 0 Å². The highest BCUT2D eigenvalue weighted by atomic mass is 19.4. The van der Waals surface area contributed by atoms with Crippen molar-refractivity contribution in [2.45, 2.75) is 17.9 Å². The second-order valence-corrected chi connectivity index (χ2v) is 7.71. The molecule has 3 heterocycles. The summed E-state index contributed by atoms with van der Waals surface area (Å²) in [5.41, 5.74) is 6.82. The summed E-state index contributed by atoms with van der Waals surface area (Å²) in [6.07, 6.45) is 0.183. The molecule has 1 unspecified atom stereocenters. The lowest BCUT2D eigenvalue weighted by molar-refractivity contribution is -0.141. The van der Waals surface area contributed by atoms with Crippen LogP contribution in [-0.4, -0.2) is 15.0 Å². The Hall–Kier alpha value is -3.69. The number of benzene rings is 2. The lowest BCUT2D eigenvalue weighted by atomic mass is 9.77. The molecule has 1 aliphatic heterocycles. The Labute approximate surface area is 186 Å². The van der Waals surface area contributed by atoms with Gasteiger partial charge in [0.2, 0.25) is 0 Å². The van der Waals surface area contributed by atoms with Crippen molar-refractivity contribution in [2.75, 3.05) is 0 Å². The number of nitrogens with one attached hydrogen (secondary N) is 1. The number of hydrogen-bond donors (Lipinski definition) is 2. The van der Waals surface area contributed by atoms with Crippen LogP contribution in [0.15, 0.2) is 79.5 Å². The van der Waals surface area contributed by atoms with Crippen LogP contribution in [0, 0.1) is 5.82 Å². The third kappa shape index (κ3) is 3.46. The van der Waals surface area contributed by atoms with Gasteiger partial charge in [-0.25, -0.2) is 14.4 Å². The molecule has 0 fully saturated rings. The molecule has 0 radical (unpaired) electrons. The van der Waals surface area contributed by atoms with Gasteiger partial charge < -0.3 is 5.73 Å². The van der Waals surface area contributed by atoms with Gasteiger partial charge in [-0.05, 0) is 46.5 Å². The van der Waals surface area contributed by atoms with Crippen molar-refractivity contribution in [1.82, 2.24) is 20.3 Å². The highest BCUT2D eigenvalue weighted by molar-refractivity contribution is 5.66. The number of hydrogen-bond acceptors (Lipinski definition) is 5. The van der Waals surface area contributed by atoms with Crippen LogP contribution in [0.5, 0.6) is 0 Å². The van der Waals surface area contributed by atoms with Crippen LogP contribution in [0.25, 0.3) is 11.1 Å². The number of nitrogens with zero attached hydrogens (tertiary/aromatic N) is 3. The minimum Gasteiger partial charge on any atom is -0.312 e. The maximum Gasteiger partial charge on any atom is 0.433 e. The monoisotopic (exact) mass is 451 g/mol. The Morgan fingerprint density at radius 2 is 1.64 bits per heavy atom. The molecule has 1 aliphatic rings. The molecule has 0 aliphatic carbocycles. The van der Waals surface area contributed by atoms with Gasteiger partial charge in [0.15, 0.2) is 0 Å². The summed E-state index contributed by atoms with van der Waals surface area (Å²) in [4.78, 5) is 11.6. The first-order valence-electron chi connectivity index (χ1n) is 10.0. The zero-order chi connectivity index (χ0) is 23.2. The lowest BCUT2D eigenvalue weighted by Gasteiger charge is -2.33. The van der Waals surface area contributed by atoms with Gasteiger partial charge in [0.25, 0.3) is 0 Å². The predicted molar refractivity (Wildman–Crippen MR) is 113 cm³/mol. The zero-order valence-electron chi connectivity index (χ0n) is 17.0. The molecule has 0 bridgehead atoms. The van der Waals surface area contributed by atoms with Crippen molar-refractivity contribution < 1.29 is 17.6 Å². The van der Waals surface area contributed by atoms with E-state index in [0.717, 1.165) is 23.4 Å². The van der Waals surface area contributed by atoms with E-state index in [2.05, 4.69) is 20.3 Å². The van der Waals surface area contributed by atoms with Crippen LogP contribution in [0.3, 0.4) is 0 Å². The zero-order valence-corrected chi connectivity index (χ0v) is 17.0. The molecule has 33 heavy (non-hydrogen) atoms. The molecule has 166 valence electrons. The molecule has 0 saturated carbocycles. The van der Waals surface area contributed by atoms with E-state index in [1.807, 2.05) is 12.1 Å². The Balaban J connectivity index is 1.80. The fourth-order valence-corrected chi connectivity index (χ4v) is 4.41. The molecule has 0 amide bonds. The highest BCUT2D eigenvalue weighted by Crippen LogP contribution is 2.47.